The molecule has 0 saturated heterocycles. The van der Waals surface area contributed by atoms with Crippen molar-refractivity contribution in [2.45, 2.75) is 33.2 Å². The molecule has 114 valence electrons. The van der Waals surface area contributed by atoms with Crippen LogP contribution in [0.5, 0.6) is 0 Å². The van der Waals surface area contributed by atoms with Gasteiger partial charge in [0.15, 0.2) is 5.82 Å². The number of aromatic nitrogens is 3. The Kier molecular flexibility index (Phi) is 3.98. The van der Waals surface area contributed by atoms with Gasteiger partial charge in [0.05, 0.1) is 10.4 Å². The Hall–Kier alpha value is -2.14. The lowest BCUT2D eigenvalue weighted by Gasteiger charge is -2.13. The molecule has 2 aromatic heterocycles. The Morgan fingerprint density at radius 1 is 1.36 bits per heavy atom. The van der Waals surface area contributed by atoms with Gasteiger partial charge in [-0.2, -0.15) is 4.98 Å². The van der Waals surface area contributed by atoms with E-state index in [-0.39, 0.29) is 5.56 Å². The van der Waals surface area contributed by atoms with Gasteiger partial charge in [0.1, 0.15) is 0 Å². The molecule has 6 heteroatoms. The van der Waals surface area contributed by atoms with Crippen LogP contribution >= 0.6 is 11.6 Å². The minimum Gasteiger partial charge on any atom is -0.339 e. The molecule has 0 aliphatic rings. The molecule has 0 fully saturated rings. The van der Waals surface area contributed by atoms with Crippen molar-refractivity contribution in [1.29, 1.82) is 0 Å². The number of rotatable bonds is 4. The summed E-state index contributed by atoms with van der Waals surface area (Å²) in [5.41, 5.74) is 0.896. The predicted molar refractivity (Wildman–Crippen MR) is 85.3 cm³/mol. The summed E-state index contributed by atoms with van der Waals surface area (Å²) in [5.74, 6) is 1.13. The fourth-order valence-electron chi connectivity index (χ4n) is 2.60. The first kappa shape index (κ1) is 14.8. The molecular formula is C16H16ClN3O2. The minimum atomic E-state index is -0.0730. The molecule has 0 atom stereocenters. The van der Waals surface area contributed by atoms with E-state index in [1.54, 1.807) is 17.6 Å². The molecule has 3 rings (SSSR count). The molecule has 5 nitrogen and oxygen atoms in total. The van der Waals surface area contributed by atoms with Crippen LogP contribution in [0.25, 0.3) is 10.8 Å². The fraction of sp³-hybridized carbons (Fsp3) is 0.312. The summed E-state index contributed by atoms with van der Waals surface area (Å²) in [7, 11) is 0. The standard InChI is InChI=1S/C16H16ClN3O2/c1-3-12-9-11-5-4-6-13(17)15(11)16(21)20(12)8-7-14-18-10(2)19-22-14/h4-6,9H,3,7-8H2,1-2H3. The Bertz CT molecular complexity index is 883. The van der Waals surface area contributed by atoms with Gasteiger partial charge >= 0.3 is 0 Å². The summed E-state index contributed by atoms with van der Waals surface area (Å²) in [6.45, 7) is 4.29. The summed E-state index contributed by atoms with van der Waals surface area (Å²) in [6.07, 6.45) is 1.28. The number of hydrogen-bond acceptors (Lipinski definition) is 4. The van der Waals surface area contributed by atoms with Crippen LogP contribution in [0, 0.1) is 6.92 Å². The van der Waals surface area contributed by atoms with E-state index in [2.05, 4.69) is 10.1 Å². The monoisotopic (exact) mass is 317 g/mol. The Balaban J connectivity index is 2.05. The zero-order chi connectivity index (χ0) is 15.7. The Labute approximate surface area is 132 Å². The van der Waals surface area contributed by atoms with E-state index in [9.17, 15) is 4.79 Å². The highest BCUT2D eigenvalue weighted by molar-refractivity contribution is 6.35. The topological polar surface area (TPSA) is 60.9 Å². The average molecular weight is 318 g/mol. The molecule has 0 amide bonds. The molecule has 2 heterocycles. The second-order valence-electron chi connectivity index (χ2n) is 5.14. The van der Waals surface area contributed by atoms with Gasteiger partial charge in [-0.25, -0.2) is 0 Å². The van der Waals surface area contributed by atoms with Crippen LogP contribution in [-0.4, -0.2) is 14.7 Å². The van der Waals surface area contributed by atoms with Gasteiger partial charge in [-0.1, -0.05) is 35.8 Å². The van der Waals surface area contributed by atoms with Crippen molar-refractivity contribution in [2.24, 2.45) is 0 Å². The van der Waals surface area contributed by atoms with E-state index in [4.69, 9.17) is 16.1 Å². The largest absolute Gasteiger partial charge is 0.339 e. The van der Waals surface area contributed by atoms with Crippen LogP contribution in [0.2, 0.25) is 5.02 Å². The van der Waals surface area contributed by atoms with Gasteiger partial charge in [0.2, 0.25) is 5.89 Å². The zero-order valence-electron chi connectivity index (χ0n) is 12.5. The maximum atomic E-state index is 12.8. The van der Waals surface area contributed by atoms with Gasteiger partial charge in [0, 0.05) is 18.7 Å². The molecule has 0 saturated carbocycles. The van der Waals surface area contributed by atoms with Crippen molar-refractivity contribution in [1.82, 2.24) is 14.7 Å². The quantitative estimate of drug-likeness (QED) is 0.741. The molecule has 1 aromatic carbocycles. The van der Waals surface area contributed by atoms with E-state index < -0.39 is 0 Å². The van der Waals surface area contributed by atoms with E-state index in [0.29, 0.717) is 35.1 Å². The maximum Gasteiger partial charge on any atom is 0.260 e. The van der Waals surface area contributed by atoms with Gasteiger partial charge in [-0.3, -0.25) is 4.79 Å². The molecule has 0 unspecified atom stereocenters. The number of pyridine rings is 1. The molecule has 0 aliphatic heterocycles. The first-order chi connectivity index (χ1) is 10.6. The second-order valence-corrected chi connectivity index (χ2v) is 5.54. The first-order valence-corrected chi connectivity index (χ1v) is 7.58. The molecule has 0 radical (unpaired) electrons. The number of halogens is 1. The van der Waals surface area contributed by atoms with Crippen molar-refractivity contribution in [3.05, 3.63) is 57.1 Å². The highest BCUT2D eigenvalue weighted by Crippen LogP contribution is 2.21. The van der Waals surface area contributed by atoms with E-state index in [0.717, 1.165) is 17.5 Å². The summed E-state index contributed by atoms with van der Waals surface area (Å²) < 4.78 is 6.85. The van der Waals surface area contributed by atoms with Gasteiger partial charge in [-0.15, -0.1) is 0 Å². The summed E-state index contributed by atoms with van der Waals surface area (Å²) in [5, 5.41) is 5.68. The highest BCUT2D eigenvalue weighted by atomic mass is 35.5. The summed E-state index contributed by atoms with van der Waals surface area (Å²) in [6, 6.07) is 7.52. The number of benzene rings is 1. The SMILES string of the molecule is CCc1cc2cccc(Cl)c2c(=O)n1CCc1nc(C)no1. The zero-order valence-corrected chi connectivity index (χ0v) is 13.2. The number of nitrogens with zero attached hydrogens (tertiary/aromatic N) is 3. The van der Waals surface area contributed by atoms with Crippen molar-refractivity contribution < 1.29 is 4.52 Å². The van der Waals surface area contributed by atoms with Gasteiger partial charge in [-0.05, 0) is 30.9 Å². The van der Waals surface area contributed by atoms with E-state index in [1.807, 2.05) is 25.1 Å². The Morgan fingerprint density at radius 3 is 2.86 bits per heavy atom. The van der Waals surface area contributed by atoms with E-state index in [1.165, 1.54) is 0 Å². The van der Waals surface area contributed by atoms with Crippen LogP contribution in [0.15, 0.2) is 33.6 Å². The smallest absolute Gasteiger partial charge is 0.260 e. The minimum absolute atomic E-state index is 0.0730. The third-order valence-electron chi connectivity index (χ3n) is 3.65. The second kappa shape index (κ2) is 5.93. The lowest BCUT2D eigenvalue weighted by molar-refractivity contribution is 0.367. The number of hydrogen-bond donors (Lipinski definition) is 0. The lowest BCUT2D eigenvalue weighted by atomic mass is 10.1. The van der Waals surface area contributed by atoms with Crippen LogP contribution in [0.1, 0.15) is 24.3 Å². The van der Waals surface area contributed by atoms with Crippen LogP contribution in [0.3, 0.4) is 0 Å². The molecule has 0 N–H and O–H groups in total. The van der Waals surface area contributed by atoms with Crippen molar-refractivity contribution in [3.8, 4) is 0 Å². The van der Waals surface area contributed by atoms with E-state index >= 15 is 0 Å². The van der Waals surface area contributed by atoms with Crippen molar-refractivity contribution in [3.63, 3.8) is 0 Å². The molecule has 0 bridgehead atoms. The lowest BCUT2D eigenvalue weighted by Crippen LogP contribution is -2.24. The van der Waals surface area contributed by atoms with Gasteiger partial charge < -0.3 is 9.09 Å². The predicted octanol–water partition coefficient (Wildman–Crippen LogP) is 3.15. The summed E-state index contributed by atoms with van der Waals surface area (Å²) in [4.78, 5) is 16.9. The molecule has 0 aliphatic carbocycles. The molecule has 22 heavy (non-hydrogen) atoms. The molecular weight excluding hydrogens is 302 g/mol. The van der Waals surface area contributed by atoms with Crippen molar-refractivity contribution >= 4 is 22.4 Å². The van der Waals surface area contributed by atoms with Crippen LogP contribution < -0.4 is 5.56 Å². The van der Waals surface area contributed by atoms with Crippen LogP contribution in [-0.2, 0) is 19.4 Å². The molecule has 3 aromatic rings. The number of fused-ring (bicyclic) bond motifs is 1. The normalized spacial score (nSPS) is 11.2. The average Bonchev–Trinajstić information content (AvgIpc) is 2.91. The first-order valence-electron chi connectivity index (χ1n) is 7.20. The number of aryl methyl sites for hydroxylation is 3. The molecule has 0 spiro atoms. The van der Waals surface area contributed by atoms with Crippen LogP contribution in [0.4, 0.5) is 0 Å². The third-order valence-corrected chi connectivity index (χ3v) is 3.97. The highest BCUT2D eigenvalue weighted by Gasteiger charge is 2.12. The van der Waals surface area contributed by atoms with Gasteiger partial charge in [0.25, 0.3) is 5.56 Å². The fourth-order valence-corrected chi connectivity index (χ4v) is 2.86. The third kappa shape index (κ3) is 2.64. The van der Waals surface area contributed by atoms with Crippen molar-refractivity contribution in [2.75, 3.05) is 0 Å². The maximum absolute atomic E-state index is 12.8. The summed E-state index contributed by atoms with van der Waals surface area (Å²) >= 11 is 6.20. The Morgan fingerprint density at radius 2 is 2.18 bits per heavy atom.